The molecular formula is C9H13N3O3S. The zero-order valence-corrected chi connectivity index (χ0v) is 10.2. The van der Waals surface area contributed by atoms with Crippen molar-refractivity contribution in [3.05, 3.63) is 11.9 Å². The highest BCUT2D eigenvalue weighted by molar-refractivity contribution is 6.99. The number of nitrogens with zero attached hydrogens (tertiary/aromatic N) is 3. The maximum Gasteiger partial charge on any atom is 0.310 e. The molecule has 0 aliphatic rings. The van der Waals surface area contributed by atoms with E-state index in [1.165, 1.54) is 18.2 Å². The van der Waals surface area contributed by atoms with Crippen LogP contribution in [0.15, 0.2) is 6.20 Å². The van der Waals surface area contributed by atoms with Crippen molar-refractivity contribution in [2.45, 2.75) is 6.92 Å². The van der Waals surface area contributed by atoms with Crippen LogP contribution in [0.4, 0.5) is 0 Å². The molecule has 1 heterocycles. The third kappa shape index (κ3) is 2.99. The van der Waals surface area contributed by atoms with Gasteiger partial charge in [-0.05, 0) is 0 Å². The summed E-state index contributed by atoms with van der Waals surface area (Å²) in [5.41, 5.74) is 0.296. The van der Waals surface area contributed by atoms with E-state index >= 15 is 0 Å². The molecule has 1 atom stereocenters. The second kappa shape index (κ2) is 5.55. The van der Waals surface area contributed by atoms with Gasteiger partial charge in [0.1, 0.15) is 0 Å². The minimum absolute atomic E-state index is 0.246. The van der Waals surface area contributed by atoms with E-state index in [4.69, 9.17) is 0 Å². The van der Waals surface area contributed by atoms with Crippen LogP contribution in [0.25, 0.3) is 0 Å². The molecule has 0 aliphatic carbocycles. The summed E-state index contributed by atoms with van der Waals surface area (Å²) in [4.78, 5) is 24.3. The molecule has 0 aliphatic heterocycles. The standard InChI is InChI=1S/C9H13N3O3S/c1-6(9(14)15-3)5-12(2)8(13)7-4-10-16-11-7/h4,6H,5H2,1-3H3. The summed E-state index contributed by atoms with van der Waals surface area (Å²) in [6.45, 7) is 2.00. The SMILES string of the molecule is COC(=O)C(C)CN(C)C(=O)c1cnsn1. The predicted molar refractivity (Wildman–Crippen MR) is 58.0 cm³/mol. The summed E-state index contributed by atoms with van der Waals surface area (Å²) in [6.07, 6.45) is 1.41. The van der Waals surface area contributed by atoms with Gasteiger partial charge in [0.05, 0.1) is 31.0 Å². The van der Waals surface area contributed by atoms with Crippen molar-refractivity contribution >= 4 is 23.6 Å². The lowest BCUT2D eigenvalue weighted by Crippen LogP contribution is -2.34. The molecule has 1 unspecified atom stereocenters. The Morgan fingerprint density at radius 3 is 2.81 bits per heavy atom. The Labute approximate surface area is 97.5 Å². The van der Waals surface area contributed by atoms with E-state index in [0.29, 0.717) is 12.2 Å². The molecule has 0 saturated carbocycles. The summed E-state index contributed by atoms with van der Waals surface area (Å²) in [6, 6.07) is 0. The molecule has 6 nitrogen and oxygen atoms in total. The van der Waals surface area contributed by atoms with Crippen LogP contribution in [0.5, 0.6) is 0 Å². The first-order valence-electron chi connectivity index (χ1n) is 4.67. The summed E-state index contributed by atoms with van der Waals surface area (Å²) in [5.74, 6) is -0.939. The lowest BCUT2D eigenvalue weighted by Gasteiger charge is -2.18. The topological polar surface area (TPSA) is 72.4 Å². The minimum Gasteiger partial charge on any atom is -0.469 e. The quantitative estimate of drug-likeness (QED) is 0.717. The Bertz CT molecular complexity index is 366. The van der Waals surface area contributed by atoms with Gasteiger partial charge >= 0.3 is 5.97 Å². The molecule has 0 N–H and O–H groups in total. The maximum atomic E-state index is 11.7. The largest absolute Gasteiger partial charge is 0.469 e. The number of hydrogen-bond acceptors (Lipinski definition) is 6. The van der Waals surface area contributed by atoms with Gasteiger partial charge in [-0.1, -0.05) is 6.92 Å². The Morgan fingerprint density at radius 1 is 1.62 bits per heavy atom. The molecule has 0 radical (unpaired) electrons. The van der Waals surface area contributed by atoms with Crippen molar-refractivity contribution in [3.8, 4) is 0 Å². The van der Waals surface area contributed by atoms with Crippen molar-refractivity contribution < 1.29 is 14.3 Å². The zero-order valence-electron chi connectivity index (χ0n) is 9.34. The van der Waals surface area contributed by atoms with E-state index in [2.05, 4.69) is 13.5 Å². The molecule has 0 spiro atoms. The molecular weight excluding hydrogens is 230 g/mol. The van der Waals surface area contributed by atoms with Gasteiger partial charge in [-0.15, -0.1) is 0 Å². The van der Waals surface area contributed by atoms with Gasteiger partial charge in [0.2, 0.25) is 0 Å². The number of rotatable bonds is 4. The molecule has 0 aromatic carbocycles. The van der Waals surface area contributed by atoms with E-state index in [1.807, 2.05) is 0 Å². The molecule has 7 heteroatoms. The van der Waals surface area contributed by atoms with Gasteiger partial charge < -0.3 is 9.64 Å². The lowest BCUT2D eigenvalue weighted by atomic mass is 10.1. The zero-order chi connectivity index (χ0) is 12.1. The van der Waals surface area contributed by atoms with Crippen LogP contribution < -0.4 is 0 Å². The van der Waals surface area contributed by atoms with E-state index < -0.39 is 0 Å². The molecule has 0 saturated heterocycles. The van der Waals surface area contributed by atoms with Gasteiger partial charge in [-0.2, -0.15) is 8.75 Å². The summed E-state index contributed by atoms with van der Waals surface area (Å²) in [5, 5.41) is 0. The van der Waals surface area contributed by atoms with E-state index in [1.54, 1.807) is 14.0 Å². The highest BCUT2D eigenvalue weighted by Crippen LogP contribution is 2.05. The fraction of sp³-hybridized carbons (Fsp3) is 0.556. The van der Waals surface area contributed by atoms with E-state index in [9.17, 15) is 9.59 Å². The molecule has 1 aromatic heterocycles. The van der Waals surface area contributed by atoms with E-state index in [-0.39, 0.29) is 17.8 Å². The van der Waals surface area contributed by atoms with Gasteiger partial charge in [-0.25, -0.2) is 0 Å². The number of aromatic nitrogens is 2. The van der Waals surface area contributed by atoms with Crippen molar-refractivity contribution in [1.29, 1.82) is 0 Å². The lowest BCUT2D eigenvalue weighted by molar-refractivity contribution is -0.145. The second-order valence-electron chi connectivity index (χ2n) is 3.40. The Morgan fingerprint density at radius 2 is 2.31 bits per heavy atom. The van der Waals surface area contributed by atoms with Gasteiger partial charge in [0.25, 0.3) is 5.91 Å². The second-order valence-corrected chi connectivity index (χ2v) is 3.96. The molecule has 0 bridgehead atoms. The number of hydrogen-bond donors (Lipinski definition) is 0. The molecule has 16 heavy (non-hydrogen) atoms. The first-order chi connectivity index (χ1) is 7.56. The van der Waals surface area contributed by atoms with Crippen molar-refractivity contribution in [1.82, 2.24) is 13.6 Å². The van der Waals surface area contributed by atoms with Crippen LogP contribution in [-0.2, 0) is 9.53 Å². The number of methoxy groups -OCH3 is 1. The number of esters is 1. The Hall–Kier alpha value is -1.50. The van der Waals surface area contributed by atoms with Gasteiger partial charge in [0.15, 0.2) is 5.69 Å². The monoisotopic (exact) mass is 243 g/mol. The van der Waals surface area contributed by atoms with Crippen molar-refractivity contribution in [2.75, 3.05) is 20.7 Å². The molecule has 0 fully saturated rings. The fourth-order valence-corrected chi connectivity index (χ4v) is 1.63. The van der Waals surface area contributed by atoms with Gasteiger partial charge in [-0.3, -0.25) is 9.59 Å². The van der Waals surface area contributed by atoms with Crippen LogP contribution in [0.2, 0.25) is 0 Å². The molecule has 1 amide bonds. The number of amides is 1. The maximum absolute atomic E-state index is 11.7. The Balaban J connectivity index is 2.56. The summed E-state index contributed by atoms with van der Waals surface area (Å²) in [7, 11) is 2.94. The summed E-state index contributed by atoms with van der Waals surface area (Å²) < 4.78 is 12.2. The molecule has 1 rings (SSSR count). The van der Waals surface area contributed by atoms with Crippen LogP contribution in [0, 0.1) is 5.92 Å². The first-order valence-corrected chi connectivity index (χ1v) is 5.40. The van der Waals surface area contributed by atoms with Crippen LogP contribution in [-0.4, -0.2) is 46.2 Å². The molecule has 1 aromatic rings. The van der Waals surface area contributed by atoms with Crippen molar-refractivity contribution in [3.63, 3.8) is 0 Å². The van der Waals surface area contributed by atoms with Crippen molar-refractivity contribution in [2.24, 2.45) is 5.92 Å². The van der Waals surface area contributed by atoms with E-state index in [0.717, 1.165) is 11.7 Å². The average Bonchev–Trinajstić information content (AvgIpc) is 2.79. The third-order valence-corrected chi connectivity index (χ3v) is 2.56. The number of carbonyl (C=O) groups excluding carboxylic acids is 2. The number of ether oxygens (including phenoxy) is 1. The first kappa shape index (κ1) is 12.6. The smallest absolute Gasteiger partial charge is 0.310 e. The van der Waals surface area contributed by atoms with Gasteiger partial charge in [0, 0.05) is 13.6 Å². The fourth-order valence-electron chi connectivity index (χ4n) is 1.22. The van der Waals surface area contributed by atoms with Crippen LogP contribution in [0.3, 0.4) is 0 Å². The highest BCUT2D eigenvalue weighted by atomic mass is 32.1. The number of carbonyl (C=O) groups is 2. The van der Waals surface area contributed by atoms with Crippen LogP contribution >= 0.6 is 11.7 Å². The normalized spacial score (nSPS) is 11.9. The minimum atomic E-state index is -0.356. The summed E-state index contributed by atoms with van der Waals surface area (Å²) >= 11 is 0.976. The highest BCUT2D eigenvalue weighted by Gasteiger charge is 2.20. The van der Waals surface area contributed by atoms with Crippen LogP contribution in [0.1, 0.15) is 17.4 Å². The Kier molecular flexibility index (Phi) is 4.36. The third-order valence-electron chi connectivity index (χ3n) is 2.08. The average molecular weight is 243 g/mol. The molecule has 88 valence electrons. The predicted octanol–water partition coefficient (Wildman–Crippen LogP) is 0.419.